The quantitative estimate of drug-likeness (QED) is 0.383. The monoisotopic (exact) mass is 445 g/mol. The Morgan fingerprint density at radius 3 is 2.58 bits per heavy atom. The number of hydrogen-bond donors (Lipinski definition) is 5. The second-order valence-corrected chi connectivity index (χ2v) is 10.4. The number of aryl methyl sites for hydroxylation is 2. The van der Waals surface area contributed by atoms with Crippen LogP contribution < -0.4 is 10.6 Å². The lowest BCUT2D eigenvalue weighted by atomic mass is 10.00. The molecular weight excluding hydrogens is 424 g/mol. The average molecular weight is 445 g/mol. The van der Waals surface area contributed by atoms with Gasteiger partial charge in [-0.3, -0.25) is 9.59 Å². The van der Waals surface area contributed by atoms with Gasteiger partial charge >= 0.3 is 8.56 Å². The molecule has 0 bridgehead atoms. The van der Waals surface area contributed by atoms with Crippen LogP contribution in [0.5, 0.6) is 0 Å². The van der Waals surface area contributed by atoms with Crippen molar-refractivity contribution >= 4 is 31.3 Å². The highest BCUT2D eigenvalue weighted by molar-refractivity contribution is 6.72. The summed E-state index contributed by atoms with van der Waals surface area (Å²) < 4.78 is 28.3. The average Bonchev–Trinajstić information content (AvgIpc) is 3.19. The van der Waals surface area contributed by atoms with Crippen LogP contribution in [0.2, 0.25) is 0 Å². The SMILES string of the molecule is Cc1ccc(-c2[nH]c3c(F)cc(F)cc3c2CCC(=O)N[C@@H]2C(=O)NC[Si]2(O)O)cc1. The first-order valence-electron chi connectivity index (χ1n) is 9.74. The molecule has 5 N–H and O–H groups in total. The van der Waals surface area contributed by atoms with Gasteiger partial charge in [-0.1, -0.05) is 29.8 Å². The molecule has 3 aromatic rings. The molecule has 0 radical (unpaired) electrons. The third-order valence-corrected chi connectivity index (χ3v) is 7.46. The molecule has 2 amide bonds. The molecule has 0 spiro atoms. The van der Waals surface area contributed by atoms with E-state index in [2.05, 4.69) is 15.6 Å². The predicted molar refractivity (Wildman–Crippen MR) is 112 cm³/mol. The largest absolute Gasteiger partial charge is 0.408 e. The van der Waals surface area contributed by atoms with Gasteiger partial charge in [-0.15, -0.1) is 0 Å². The van der Waals surface area contributed by atoms with Gasteiger partial charge in [0.25, 0.3) is 0 Å². The van der Waals surface area contributed by atoms with E-state index in [0.717, 1.165) is 17.2 Å². The fourth-order valence-electron chi connectivity index (χ4n) is 3.78. The van der Waals surface area contributed by atoms with Crippen LogP contribution >= 0.6 is 0 Å². The number of carbonyl (C=O) groups excluding carboxylic acids is 2. The molecule has 1 saturated heterocycles. The molecule has 1 atom stereocenters. The highest BCUT2D eigenvalue weighted by Gasteiger charge is 2.51. The molecule has 2 heterocycles. The summed E-state index contributed by atoms with van der Waals surface area (Å²) in [6.07, 6.45) is -0.245. The molecular formula is C21H21F2N3O4Si. The fraction of sp³-hybridized carbons (Fsp3) is 0.238. The number of nitrogens with one attached hydrogen (secondary N) is 3. The molecule has 7 nitrogen and oxygen atoms in total. The number of aromatic amines is 1. The van der Waals surface area contributed by atoms with Crippen molar-refractivity contribution in [1.29, 1.82) is 0 Å². The van der Waals surface area contributed by atoms with Gasteiger partial charge in [0.1, 0.15) is 11.6 Å². The van der Waals surface area contributed by atoms with Crippen LogP contribution in [0.3, 0.4) is 0 Å². The molecule has 31 heavy (non-hydrogen) atoms. The summed E-state index contributed by atoms with van der Waals surface area (Å²) in [7, 11) is -3.92. The van der Waals surface area contributed by atoms with E-state index in [0.29, 0.717) is 16.6 Å². The Kier molecular flexibility index (Phi) is 5.37. The maximum atomic E-state index is 14.4. The van der Waals surface area contributed by atoms with Crippen LogP contribution in [0.4, 0.5) is 8.78 Å². The van der Waals surface area contributed by atoms with Gasteiger partial charge in [-0.05, 0) is 30.5 Å². The number of amides is 2. The Morgan fingerprint density at radius 2 is 1.94 bits per heavy atom. The number of aromatic nitrogens is 1. The smallest absolute Gasteiger partial charge is 0.385 e. The van der Waals surface area contributed by atoms with E-state index in [9.17, 15) is 28.0 Å². The van der Waals surface area contributed by atoms with Gasteiger partial charge in [0.05, 0.1) is 11.7 Å². The topological polar surface area (TPSA) is 114 Å². The van der Waals surface area contributed by atoms with E-state index in [4.69, 9.17) is 0 Å². The summed E-state index contributed by atoms with van der Waals surface area (Å²) in [4.78, 5) is 47.1. The molecule has 1 aliphatic heterocycles. The predicted octanol–water partition coefficient (Wildman–Crippen LogP) is 1.47. The minimum Gasteiger partial charge on any atom is -0.408 e. The Labute approximate surface area is 177 Å². The molecule has 1 aliphatic rings. The minimum absolute atomic E-state index is 0.113. The van der Waals surface area contributed by atoms with Gasteiger partial charge in [0.15, 0.2) is 5.67 Å². The maximum Gasteiger partial charge on any atom is 0.385 e. The Morgan fingerprint density at radius 1 is 1.23 bits per heavy atom. The molecule has 0 saturated carbocycles. The van der Waals surface area contributed by atoms with Gasteiger partial charge in [-0.2, -0.15) is 0 Å². The first-order valence-corrected chi connectivity index (χ1v) is 11.9. The van der Waals surface area contributed by atoms with E-state index in [-0.39, 0.29) is 24.5 Å². The summed E-state index contributed by atoms with van der Waals surface area (Å²) in [6.45, 7) is 1.93. The van der Waals surface area contributed by atoms with Crippen molar-refractivity contribution in [2.45, 2.75) is 25.4 Å². The van der Waals surface area contributed by atoms with Crippen molar-refractivity contribution in [1.82, 2.24) is 15.6 Å². The Hall–Kier alpha value is -3.08. The molecule has 0 unspecified atom stereocenters. The second kappa shape index (κ2) is 7.87. The van der Waals surface area contributed by atoms with Gasteiger partial charge in [0.2, 0.25) is 11.8 Å². The van der Waals surface area contributed by atoms with Crippen LogP contribution in [0.15, 0.2) is 36.4 Å². The number of fused-ring (bicyclic) bond motifs is 1. The zero-order chi connectivity index (χ0) is 22.3. The summed E-state index contributed by atoms with van der Waals surface area (Å²) in [5, 5.41) is 5.02. The highest BCUT2D eigenvalue weighted by atomic mass is 28.4. The number of benzene rings is 2. The van der Waals surface area contributed by atoms with Crippen LogP contribution in [0.1, 0.15) is 17.5 Å². The first-order chi connectivity index (χ1) is 14.7. The number of carbonyl (C=O) groups is 2. The van der Waals surface area contributed by atoms with Crippen molar-refractivity contribution < 1.29 is 28.0 Å². The van der Waals surface area contributed by atoms with Crippen molar-refractivity contribution in [3.8, 4) is 11.3 Å². The standard InChI is InChI=1S/C21H21F2N3O4Si/c1-11-2-4-12(5-3-11)18-14(15-8-13(22)9-16(23)19(15)26-18)6-7-17(27)25-21-20(28)24-10-31(21,29)30/h2-5,8-9,21,26,29-30H,6-7,10H2,1H3,(H,24,28)(H,25,27)/t21-/m0/s1. The van der Waals surface area contributed by atoms with Crippen molar-refractivity contribution in [2.75, 3.05) is 6.17 Å². The normalized spacial score (nSPS) is 17.7. The summed E-state index contributed by atoms with van der Waals surface area (Å²) in [5.74, 6) is -2.67. The van der Waals surface area contributed by atoms with Crippen LogP contribution in [-0.4, -0.2) is 46.8 Å². The zero-order valence-corrected chi connectivity index (χ0v) is 17.6. The molecule has 1 aromatic heterocycles. The van der Waals surface area contributed by atoms with E-state index < -0.39 is 37.7 Å². The minimum atomic E-state index is -3.92. The van der Waals surface area contributed by atoms with E-state index >= 15 is 0 Å². The van der Waals surface area contributed by atoms with Gasteiger partial charge < -0.3 is 25.2 Å². The van der Waals surface area contributed by atoms with Crippen LogP contribution in [0.25, 0.3) is 22.2 Å². The van der Waals surface area contributed by atoms with Gasteiger partial charge in [0, 0.05) is 23.6 Å². The lowest BCUT2D eigenvalue weighted by molar-refractivity contribution is -0.126. The van der Waals surface area contributed by atoms with Crippen LogP contribution in [-0.2, 0) is 16.0 Å². The third-order valence-electron chi connectivity index (χ3n) is 5.43. The van der Waals surface area contributed by atoms with E-state index in [1.807, 2.05) is 31.2 Å². The molecule has 2 aromatic carbocycles. The highest BCUT2D eigenvalue weighted by Crippen LogP contribution is 2.33. The fourth-order valence-corrected chi connectivity index (χ4v) is 5.34. The maximum absolute atomic E-state index is 14.4. The third kappa shape index (κ3) is 4.09. The lowest BCUT2D eigenvalue weighted by Gasteiger charge is -2.18. The van der Waals surface area contributed by atoms with Crippen LogP contribution in [0, 0.1) is 18.6 Å². The Bertz CT molecular complexity index is 1180. The number of halogens is 2. The molecule has 0 aliphatic carbocycles. The summed E-state index contributed by atoms with van der Waals surface area (Å²) >= 11 is 0. The lowest BCUT2D eigenvalue weighted by Crippen LogP contribution is -2.58. The van der Waals surface area contributed by atoms with Crippen molar-refractivity contribution in [3.63, 3.8) is 0 Å². The number of hydrogen-bond acceptors (Lipinski definition) is 4. The molecule has 162 valence electrons. The Balaban J connectivity index is 1.64. The molecule has 4 rings (SSSR count). The van der Waals surface area contributed by atoms with E-state index in [1.165, 1.54) is 6.07 Å². The number of H-pyrrole nitrogens is 1. The zero-order valence-electron chi connectivity index (χ0n) is 16.6. The molecule has 1 fully saturated rings. The summed E-state index contributed by atoms with van der Waals surface area (Å²) in [6, 6.07) is 9.47. The first kappa shape index (κ1) is 21.2. The number of rotatable bonds is 5. The van der Waals surface area contributed by atoms with E-state index in [1.54, 1.807) is 0 Å². The summed E-state index contributed by atoms with van der Waals surface area (Å²) in [5.41, 5.74) is 1.70. The van der Waals surface area contributed by atoms with Crippen molar-refractivity contribution in [3.05, 3.63) is 59.2 Å². The molecule has 10 heteroatoms. The van der Waals surface area contributed by atoms with Gasteiger partial charge in [-0.25, -0.2) is 8.78 Å². The van der Waals surface area contributed by atoms with Crippen molar-refractivity contribution in [2.24, 2.45) is 0 Å². The second-order valence-electron chi connectivity index (χ2n) is 7.75.